The van der Waals surface area contributed by atoms with Gasteiger partial charge < -0.3 is 9.80 Å². The minimum Gasteiger partial charge on any atom is -0.311 e. The molecule has 4 heteroatoms. The van der Waals surface area contributed by atoms with Crippen LogP contribution in [0.4, 0.5) is 34.1 Å². The molecular weight excluding hydrogens is 719 g/mol. The third-order valence-electron chi connectivity index (χ3n) is 12.5. The van der Waals surface area contributed by atoms with Crippen molar-refractivity contribution in [1.29, 1.82) is 0 Å². The lowest BCUT2D eigenvalue weighted by molar-refractivity contribution is 0.921. The summed E-state index contributed by atoms with van der Waals surface area (Å²) in [5, 5.41) is 2.68. The van der Waals surface area contributed by atoms with Gasteiger partial charge in [0, 0.05) is 59.7 Å². The van der Waals surface area contributed by atoms with Gasteiger partial charge >= 0.3 is 0 Å². The Bertz CT molecular complexity index is 2820. The van der Waals surface area contributed by atoms with Crippen LogP contribution in [-0.4, -0.2) is 6.71 Å². The maximum atomic E-state index is 2.63. The molecule has 0 saturated heterocycles. The highest BCUT2D eigenvalue weighted by Gasteiger charge is 2.43. The van der Waals surface area contributed by atoms with Crippen LogP contribution in [0.3, 0.4) is 0 Å². The first kappa shape index (κ1) is 36.7. The summed E-state index contributed by atoms with van der Waals surface area (Å²) in [6.45, 7) is 9.27. The fraction of sp³-hybridized carbons (Fsp3) is 0.222. The van der Waals surface area contributed by atoms with Gasteiger partial charge in [0.25, 0.3) is 6.71 Å². The number of rotatable bonds is 11. The lowest BCUT2D eigenvalue weighted by Gasteiger charge is -2.44. The second-order valence-corrected chi connectivity index (χ2v) is 17.5. The summed E-state index contributed by atoms with van der Waals surface area (Å²) in [5.74, 6) is 0. The van der Waals surface area contributed by atoms with Crippen LogP contribution in [0.15, 0.2) is 140 Å². The van der Waals surface area contributed by atoms with Crippen LogP contribution in [0.1, 0.15) is 75.6 Å². The van der Waals surface area contributed by atoms with Crippen LogP contribution >= 0.6 is 11.3 Å². The molecule has 7 aromatic carbocycles. The molecule has 0 atom stereocenters. The maximum Gasteiger partial charge on any atom is 0.252 e. The van der Waals surface area contributed by atoms with Crippen molar-refractivity contribution in [2.45, 2.75) is 79.1 Å². The molecule has 286 valence electrons. The number of thiophene rings is 1. The molecule has 0 N–H and O–H groups in total. The van der Waals surface area contributed by atoms with Gasteiger partial charge in [0.05, 0.1) is 5.69 Å². The zero-order chi connectivity index (χ0) is 39.3. The molecule has 0 bridgehead atoms. The van der Waals surface area contributed by atoms with Crippen LogP contribution < -0.4 is 26.2 Å². The molecule has 0 spiro atoms. The highest BCUT2D eigenvalue weighted by atomic mass is 32.1. The molecule has 3 heterocycles. The Labute approximate surface area is 348 Å². The zero-order valence-corrected chi connectivity index (χ0v) is 35.1. The van der Waals surface area contributed by atoms with Crippen molar-refractivity contribution in [3.05, 3.63) is 162 Å². The smallest absolute Gasteiger partial charge is 0.252 e. The lowest BCUT2D eigenvalue weighted by atomic mass is 9.33. The van der Waals surface area contributed by atoms with Gasteiger partial charge in [-0.05, 0) is 119 Å². The second kappa shape index (κ2) is 15.3. The fourth-order valence-corrected chi connectivity index (χ4v) is 11.2. The molecule has 0 unspecified atom stereocenters. The average molecular weight is 771 g/mol. The monoisotopic (exact) mass is 770 g/mol. The van der Waals surface area contributed by atoms with Gasteiger partial charge in [-0.2, -0.15) is 0 Å². The van der Waals surface area contributed by atoms with Crippen molar-refractivity contribution in [2.75, 3.05) is 9.80 Å². The molecule has 8 aromatic rings. The number of hydrogen-bond acceptors (Lipinski definition) is 3. The van der Waals surface area contributed by atoms with Crippen LogP contribution in [0.2, 0.25) is 0 Å². The molecule has 0 fully saturated rings. The first-order chi connectivity index (χ1) is 28.6. The van der Waals surface area contributed by atoms with E-state index in [-0.39, 0.29) is 6.71 Å². The summed E-state index contributed by atoms with van der Waals surface area (Å²) < 4.78 is 2.70. The largest absolute Gasteiger partial charge is 0.311 e. The molecule has 58 heavy (non-hydrogen) atoms. The Hall–Kier alpha value is -5.58. The Kier molecular flexibility index (Phi) is 9.70. The third-order valence-corrected chi connectivity index (χ3v) is 13.7. The quantitative estimate of drug-likeness (QED) is 0.121. The summed E-state index contributed by atoms with van der Waals surface area (Å²) in [4.78, 5) is 5.18. The topological polar surface area (TPSA) is 6.48 Å². The third kappa shape index (κ3) is 6.07. The predicted octanol–water partition coefficient (Wildman–Crippen LogP) is 13.6. The Morgan fingerprint density at radius 2 is 0.966 bits per heavy atom. The summed E-state index contributed by atoms with van der Waals surface area (Å²) in [5.41, 5.74) is 20.0. The zero-order valence-electron chi connectivity index (χ0n) is 34.3. The molecule has 0 amide bonds. The lowest BCUT2D eigenvalue weighted by Crippen LogP contribution is -2.61. The molecule has 0 saturated carbocycles. The first-order valence-electron chi connectivity index (χ1n) is 21.7. The van der Waals surface area contributed by atoms with E-state index in [1.807, 2.05) is 11.3 Å². The molecule has 2 aliphatic heterocycles. The summed E-state index contributed by atoms with van der Waals surface area (Å²) in [7, 11) is 0. The minimum atomic E-state index is 0.116. The average Bonchev–Trinajstić information content (AvgIpc) is 3.64. The summed E-state index contributed by atoms with van der Waals surface area (Å²) >= 11 is 1.93. The van der Waals surface area contributed by atoms with Crippen molar-refractivity contribution in [3.63, 3.8) is 0 Å². The minimum absolute atomic E-state index is 0.116. The van der Waals surface area contributed by atoms with Crippen LogP contribution in [-0.2, 0) is 25.7 Å². The van der Waals surface area contributed by atoms with E-state index in [4.69, 9.17) is 0 Å². The maximum absolute atomic E-state index is 2.63. The molecule has 0 aliphatic carbocycles. The second-order valence-electron chi connectivity index (χ2n) is 16.4. The van der Waals surface area contributed by atoms with Gasteiger partial charge in [0.2, 0.25) is 0 Å². The molecule has 0 radical (unpaired) electrons. The number of hydrogen-bond donors (Lipinski definition) is 0. The Balaban J connectivity index is 1.26. The van der Waals surface area contributed by atoms with Crippen LogP contribution in [0, 0.1) is 0 Å². The Morgan fingerprint density at radius 1 is 0.431 bits per heavy atom. The SMILES string of the molecule is CCCc1ccc(N2c3ccc(CCC)cc3B3c4cc(CCC)ccc4N(c4ccc(CCC)cc4-c4cccc5c4sc4ccccc45)c4cccc2c43)cc1. The Morgan fingerprint density at radius 3 is 1.64 bits per heavy atom. The number of aryl methyl sites for hydroxylation is 4. The van der Waals surface area contributed by atoms with Gasteiger partial charge in [-0.25, -0.2) is 0 Å². The molecular formula is C54H51BN2S. The molecule has 2 nitrogen and oxygen atoms in total. The molecule has 2 aliphatic rings. The highest BCUT2D eigenvalue weighted by Crippen LogP contribution is 2.49. The van der Waals surface area contributed by atoms with E-state index in [1.54, 1.807) is 0 Å². The standard InChI is InChI=1S/C54H51BN2S/c1-5-13-36-23-28-40(29-24-36)56-48-31-26-38(15-7-3)34-45(48)55-46-35-39(16-8-4)27-32-49(46)57(51-21-12-20-50(56)53(51)55)47-30-25-37(14-6-2)33-44(47)43-19-11-18-42-41-17-9-10-22-52(41)58-54(42)43/h9-12,17-35H,5-8,13-16H2,1-4H3. The van der Waals surface area contributed by atoms with Crippen LogP contribution in [0.25, 0.3) is 31.3 Å². The number of nitrogens with zero attached hydrogens (tertiary/aromatic N) is 2. The van der Waals surface area contributed by atoms with Gasteiger partial charge in [-0.15, -0.1) is 11.3 Å². The van der Waals surface area contributed by atoms with Crippen molar-refractivity contribution in [1.82, 2.24) is 0 Å². The number of fused-ring (bicyclic) bond motifs is 7. The van der Waals surface area contributed by atoms with E-state index in [9.17, 15) is 0 Å². The van der Waals surface area contributed by atoms with Gasteiger partial charge in [0.1, 0.15) is 0 Å². The first-order valence-corrected chi connectivity index (χ1v) is 22.5. The number of anilines is 6. The van der Waals surface area contributed by atoms with E-state index in [0.717, 1.165) is 51.4 Å². The summed E-state index contributed by atoms with van der Waals surface area (Å²) in [6, 6.07) is 54.3. The van der Waals surface area contributed by atoms with Gasteiger partial charge in [-0.1, -0.05) is 138 Å². The summed E-state index contributed by atoms with van der Waals surface area (Å²) in [6.07, 6.45) is 8.80. The van der Waals surface area contributed by atoms with E-state index < -0.39 is 0 Å². The van der Waals surface area contributed by atoms with Crippen molar-refractivity contribution in [2.24, 2.45) is 0 Å². The highest BCUT2D eigenvalue weighted by molar-refractivity contribution is 7.26. The normalized spacial score (nSPS) is 12.9. The van der Waals surface area contributed by atoms with Crippen molar-refractivity contribution < 1.29 is 0 Å². The van der Waals surface area contributed by atoms with Crippen molar-refractivity contribution >= 4 is 88.7 Å². The van der Waals surface area contributed by atoms with Crippen LogP contribution in [0.5, 0.6) is 0 Å². The van der Waals surface area contributed by atoms with E-state index in [1.165, 1.54) is 104 Å². The van der Waals surface area contributed by atoms with E-state index >= 15 is 0 Å². The van der Waals surface area contributed by atoms with E-state index in [2.05, 4.69) is 177 Å². The van der Waals surface area contributed by atoms with Gasteiger partial charge in [-0.3, -0.25) is 0 Å². The van der Waals surface area contributed by atoms with Gasteiger partial charge in [0.15, 0.2) is 0 Å². The molecule has 10 rings (SSSR count). The number of benzene rings is 7. The molecule has 1 aromatic heterocycles. The predicted molar refractivity (Wildman–Crippen MR) is 255 cm³/mol. The van der Waals surface area contributed by atoms with Crippen molar-refractivity contribution in [3.8, 4) is 11.1 Å². The van der Waals surface area contributed by atoms with E-state index in [0.29, 0.717) is 0 Å². The fourth-order valence-electron chi connectivity index (χ4n) is 9.97.